The summed E-state index contributed by atoms with van der Waals surface area (Å²) in [5.41, 5.74) is 4.84. The molecule has 1 N–H and O–H groups in total. The van der Waals surface area contributed by atoms with Gasteiger partial charge in [-0.3, -0.25) is 9.69 Å². The van der Waals surface area contributed by atoms with E-state index >= 15 is 0 Å². The molecule has 6 nitrogen and oxygen atoms in total. The Morgan fingerprint density at radius 1 is 1.08 bits per heavy atom. The molecule has 2 aromatic rings. The predicted molar refractivity (Wildman–Crippen MR) is 163 cm³/mol. The number of thioether (sulfide) groups is 1. The molecule has 0 aliphatic carbocycles. The van der Waals surface area contributed by atoms with E-state index < -0.39 is 12.0 Å². The number of methoxy groups -OCH3 is 1. The van der Waals surface area contributed by atoms with E-state index in [0.717, 1.165) is 48.6 Å². The highest BCUT2D eigenvalue weighted by atomic mass is 32.2. The predicted octanol–water partition coefficient (Wildman–Crippen LogP) is 5.77. The Hall–Kier alpha value is -2.35. The van der Waals surface area contributed by atoms with Crippen LogP contribution in [0.3, 0.4) is 0 Å². The molecule has 1 atom stereocenters. The van der Waals surface area contributed by atoms with Crippen LogP contribution >= 0.6 is 11.8 Å². The van der Waals surface area contributed by atoms with E-state index in [-0.39, 0.29) is 5.91 Å². The van der Waals surface area contributed by atoms with Crippen molar-refractivity contribution in [2.45, 2.75) is 65.0 Å². The summed E-state index contributed by atoms with van der Waals surface area (Å²) in [7, 11) is 1.36. The van der Waals surface area contributed by atoms with Crippen LogP contribution in [0, 0.1) is 6.92 Å². The van der Waals surface area contributed by atoms with Crippen molar-refractivity contribution in [1.82, 2.24) is 15.1 Å². The highest BCUT2D eigenvalue weighted by Gasteiger charge is 2.24. The van der Waals surface area contributed by atoms with Crippen LogP contribution < -0.4 is 5.32 Å². The van der Waals surface area contributed by atoms with Gasteiger partial charge >= 0.3 is 5.97 Å². The van der Waals surface area contributed by atoms with Gasteiger partial charge in [0.05, 0.1) is 7.11 Å². The molecular formula is C32H47N3O3S. The molecule has 0 saturated carbocycles. The van der Waals surface area contributed by atoms with Crippen LogP contribution in [0.15, 0.2) is 42.5 Å². The standard InChI is InChI=1S/C32H47N3O3S/c1-5-6-17-35(21-20-34-18-10-7-11-19-34)24-26-14-15-28(29(23-26)27-13-9-8-12-25(27)2)31(36)33-30(16-22-39-4)32(37)38-3/h8-9,12-15,23,30H,5-7,10-11,16-22,24H2,1-4H3,(H,33,36). The van der Waals surface area contributed by atoms with Gasteiger partial charge in [0.1, 0.15) is 6.04 Å². The van der Waals surface area contributed by atoms with Gasteiger partial charge in [-0.2, -0.15) is 11.8 Å². The number of unbranched alkanes of at least 4 members (excludes halogenated alkanes) is 1. The third-order valence-electron chi connectivity index (χ3n) is 7.58. The van der Waals surface area contributed by atoms with Gasteiger partial charge in [0.15, 0.2) is 0 Å². The Morgan fingerprint density at radius 3 is 2.54 bits per heavy atom. The molecule has 214 valence electrons. The second-order valence-corrected chi connectivity index (χ2v) is 11.5. The van der Waals surface area contributed by atoms with Crippen molar-refractivity contribution in [3.63, 3.8) is 0 Å². The molecule has 2 aromatic carbocycles. The molecule has 1 aliphatic heterocycles. The van der Waals surface area contributed by atoms with Gasteiger partial charge in [-0.15, -0.1) is 0 Å². The van der Waals surface area contributed by atoms with Crippen molar-refractivity contribution in [2.24, 2.45) is 0 Å². The first kappa shape index (κ1) is 31.2. The van der Waals surface area contributed by atoms with Crippen molar-refractivity contribution in [3.8, 4) is 11.1 Å². The number of ether oxygens (including phenoxy) is 1. The molecule has 7 heteroatoms. The fourth-order valence-electron chi connectivity index (χ4n) is 5.22. The van der Waals surface area contributed by atoms with Crippen molar-refractivity contribution in [2.75, 3.05) is 51.8 Å². The third-order valence-corrected chi connectivity index (χ3v) is 8.22. The molecule has 3 rings (SSSR count). The lowest BCUT2D eigenvalue weighted by Gasteiger charge is -2.30. The minimum absolute atomic E-state index is 0.246. The van der Waals surface area contributed by atoms with Crippen LogP contribution in [0.2, 0.25) is 0 Å². The normalized spacial score (nSPS) is 14.8. The summed E-state index contributed by atoms with van der Waals surface area (Å²) in [5.74, 6) is 0.102. The average molecular weight is 554 g/mol. The summed E-state index contributed by atoms with van der Waals surface area (Å²) in [6, 6.07) is 13.7. The maximum atomic E-state index is 13.6. The third kappa shape index (κ3) is 9.66. The lowest BCUT2D eigenvalue weighted by atomic mass is 9.93. The monoisotopic (exact) mass is 553 g/mol. The lowest BCUT2D eigenvalue weighted by molar-refractivity contribution is -0.142. The van der Waals surface area contributed by atoms with Gasteiger partial charge in [0.2, 0.25) is 0 Å². The van der Waals surface area contributed by atoms with E-state index in [9.17, 15) is 9.59 Å². The summed E-state index contributed by atoms with van der Waals surface area (Å²) in [6.45, 7) is 10.8. The molecule has 0 bridgehead atoms. The SMILES string of the molecule is CCCCN(CCN1CCCCC1)Cc1ccc(C(=O)NC(CCSC)C(=O)OC)c(-c2ccccc2C)c1. The number of carbonyl (C=O) groups excluding carboxylic acids is 2. The van der Waals surface area contributed by atoms with E-state index in [4.69, 9.17) is 4.74 Å². The highest BCUT2D eigenvalue weighted by molar-refractivity contribution is 7.98. The number of nitrogens with one attached hydrogen (secondary N) is 1. The van der Waals surface area contributed by atoms with Crippen LogP contribution in [0.1, 0.15) is 66.9 Å². The molecule has 1 amide bonds. The molecule has 1 heterocycles. The van der Waals surface area contributed by atoms with Crippen LogP contribution in [0.5, 0.6) is 0 Å². The molecule has 0 spiro atoms. The minimum Gasteiger partial charge on any atom is -0.467 e. The Labute approximate surface area is 239 Å². The number of nitrogens with zero attached hydrogens (tertiary/aromatic N) is 2. The second kappa shape index (κ2) is 16.7. The smallest absolute Gasteiger partial charge is 0.328 e. The number of rotatable bonds is 15. The van der Waals surface area contributed by atoms with Gasteiger partial charge in [0, 0.05) is 25.2 Å². The van der Waals surface area contributed by atoms with E-state index in [0.29, 0.717) is 12.0 Å². The number of amides is 1. The van der Waals surface area contributed by atoms with Crippen LogP contribution in [-0.2, 0) is 16.1 Å². The van der Waals surface area contributed by atoms with E-state index in [1.807, 2.05) is 24.5 Å². The largest absolute Gasteiger partial charge is 0.467 e. The number of hydrogen-bond donors (Lipinski definition) is 1. The quantitative estimate of drug-likeness (QED) is 0.282. The van der Waals surface area contributed by atoms with Crippen LogP contribution in [0.25, 0.3) is 11.1 Å². The Morgan fingerprint density at radius 2 is 1.85 bits per heavy atom. The topological polar surface area (TPSA) is 61.9 Å². The molecule has 0 aromatic heterocycles. The van der Waals surface area contributed by atoms with Gasteiger partial charge in [-0.25, -0.2) is 4.79 Å². The fraction of sp³-hybridized carbons (Fsp3) is 0.562. The van der Waals surface area contributed by atoms with Crippen molar-refractivity contribution in [1.29, 1.82) is 0 Å². The summed E-state index contributed by atoms with van der Waals surface area (Å²) in [5, 5.41) is 2.95. The first-order chi connectivity index (χ1) is 19.0. The zero-order chi connectivity index (χ0) is 28.0. The molecule has 0 radical (unpaired) electrons. The first-order valence-electron chi connectivity index (χ1n) is 14.5. The van der Waals surface area contributed by atoms with E-state index in [1.165, 1.54) is 57.9 Å². The molecule has 1 aliphatic rings. The molecule has 1 saturated heterocycles. The maximum absolute atomic E-state index is 13.6. The summed E-state index contributed by atoms with van der Waals surface area (Å²) in [4.78, 5) is 31.1. The number of likely N-dealkylation sites (tertiary alicyclic amines) is 1. The van der Waals surface area contributed by atoms with Crippen molar-refractivity contribution >= 4 is 23.6 Å². The first-order valence-corrected chi connectivity index (χ1v) is 15.9. The summed E-state index contributed by atoms with van der Waals surface area (Å²) < 4.78 is 4.97. The molecule has 39 heavy (non-hydrogen) atoms. The summed E-state index contributed by atoms with van der Waals surface area (Å²) >= 11 is 1.64. The second-order valence-electron chi connectivity index (χ2n) is 10.6. The molecule has 1 unspecified atom stereocenters. The molecule has 1 fully saturated rings. The lowest BCUT2D eigenvalue weighted by Crippen LogP contribution is -2.42. The number of esters is 1. The van der Waals surface area contributed by atoms with E-state index in [1.54, 1.807) is 11.8 Å². The van der Waals surface area contributed by atoms with Crippen molar-refractivity contribution in [3.05, 3.63) is 59.2 Å². The Balaban J connectivity index is 1.86. The van der Waals surface area contributed by atoms with Crippen LogP contribution in [-0.4, -0.2) is 79.6 Å². The number of piperidine rings is 1. The van der Waals surface area contributed by atoms with Gasteiger partial charge < -0.3 is 15.0 Å². The summed E-state index contributed by atoms with van der Waals surface area (Å²) in [6.07, 6.45) is 8.85. The van der Waals surface area contributed by atoms with Gasteiger partial charge in [-0.05, 0) is 98.6 Å². The Kier molecular flexibility index (Phi) is 13.3. The van der Waals surface area contributed by atoms with Crippen molar-refractivity contribution < 1.29 is 14.3 Å². The zero-order valence-electron chi connectivity index (χ0n) is 24.3. The number of aryl methyl sites for hydroxylation is 1. The van der Waals surface area contributed by atoms with Gasteiger partial charge in [0.25, 0.3) is 5.91 Å². The van der Waals surface area contributed by atoms with E-state index in [2.05, 4.69) is 53.2 Å². The highest BCUT2D eigenvalue weighted by Crippen LogP contribution is 2.29. The average Bonchev–Trinajstić information content (AvgIpc) is 2.96. The number of benzene rings is 2. The number of hydrogen-bond acceptors (Lipinski definition) is 6. The minimum atomic E-state index is -0.668. The fourth-order valence-corrected chi connectivity index (χ4v) is 5.70. The Bertz CT molecular complexity index is 1050. The molecular weight excluding hydrogens is 506 g/mol. The number of carbonyl (C=O) groups is 2. The van der Waals surface area contributed by atoms with Crippen LogP contribution in [0.4, 0.5) is 0 Å². The maximum Gasteiger partial charge on any atom is 0.328 e. The zero-order valence-corrected chi connectivity index (χ0v) is 25.2. The van der Waals surface area contributed by atoms with Gasteiger partial charge in [-0.1, -0.05) is 50.1 Å².